The Morgan fingerprint density at radius 2 is 2.08 bits per heavy atom. The monoisotopic (exact) mass is 334 g/mol. The molecule has 0 unspecified atom stereocenters. The number of rotatable bonds is 8. The Kier molecular flexibility index (Phi) is 6.37. The summed E-state index contributed by atoms with van der Waals surface area (Å²) in [5, 5.41) is 0. The van der Waals surface area contributed by atoms with E-state index in [4.69, 9.17) is 18.9 Å². The van der Waals surface area contributed by atoms with E-state index in [1.165, 1.54) is 12.2 Å². The van der Waals surface area contributed by atoms with Crippen LogP contribution in [-0.4, -0.2) is 37.0 Å². The molecule has 1 fully saturated rings. The van der Waals surface area contributed by atoms with Gasteiger partial charge in [0.2, 0.25) is 0 Å². The van der Waals surface area contributed by atoms with E-state index in [0.29, 0.717) is 19.6 Å². The molecule has 24 heavy (non-hydrogen) atoms. The summed E-state index contributed by atoms with van der Waals surface area (Å²) in [5.41, 5.74) is 0.0575. The highest BCUT2D eigenvalue weighted by Crippen LogP contribution is 2.30. The van der Waals surface area contributed by atoms with Gasteiger partial charge in [-0.05, 0) is 25.5 Å². The van der Waals surface area contributed by atoms with Gasteiger partial charge in [-0.1, -0.05) is 30.3 Å². The zero-order valence-corrected chi connectivity index (χ0v) is 13.9. The molecule has 2 atom stereocenters. The van der Waals surface area contributed by atoms with Crippen molar-refractivity contribution >= 4 is 12.1 Å². The third-order valence-electron chi connectivity index (χ3n) is 3.65. The number of benzene rings is 1. The van der Waals surface area contributed by atoms with Crippen LogP contribution in [0.15, 0.2) is 42.5 Å². The molecule has 0 spiro atoms. The van der Waals surface area contributed by atoms with Gasteiger partial charge >= 0.3 is 12.1 Å². The summed E-state index contributed by atoms with van der Waals surface area (Å²) < 4.78 is 20.8. The first-order valence-corrected chi connectivity index (χ1v) is 7.91. The van der Waals surface area contributed by atoms with Crippen molar-refractivity contribution in [2.24, 2.45) is 0 Å². The molecule has 0 saturated carbocycles. The fourth-order valence-corrected chi connectivity index (χ4v) is 2.37. The van der Waals surface area contributed by atoms with Crippen LogP contribution in [0.1, 0.15) is 25.8 Å². The number of carbonyl (C=O) groups excluding carboxylic acids is 2. The van der Waals surface area contributed by atoms with Gasteiger partial charge in [-0.15, -0.1) is 0 Å². The summed E-state index contributed by atoms with van der Waals surface area (Å²) in [5.74, 6) is -0.485. The molecule has 0 amide bonds. The summed E-state index contributed by atoms with van der Waals surface area (Å²) >= 11 is 0. The second kappa shape index (κ2) is 8.49. The van der Waals surface area contributed by atoms with Crippen molar-refractivity contribution in [3.8, 4) is 0 Å². The second-order valence-corrected chi connectivity index (χ2v) is 5.55. The summed E-state index contributed by atoms with van der Waals surface area (Å²) in [6.45, 7) is 4.58. The van der Waals surface area contributed by atoms with Crippen molar-refractivity contribution in [2.75, 3.05) is 13.2 Å². The quantitative estimate of drug-likeness (QED) is 0.413. The lowest BCUT2D eigenvalue weighted by Gasteiger charge is -2.22. The van der Waals surface area contributed by atoms with Gasteiger partial charge in [-0.3, -0.25) is 0 Å². The molecule has 6 heteroatoms. The summed E-state index contributed by atoms with van der Waals surface area (Å²) in [6.07, 6.45) is 1.94. The molecule has 130 valence electrons. The van der Waals surface area contributed by atoms with Gasteiger partial charge < -0.3 is 18.9 Å². The van der Waals surface area contributed by atoms with Crippen molar-refractivity contribution in [2.45, 2.75) is 38.6 Å². The maximum atomic E-state index is 11.5. The van der Waals surface area contributed by atoms with E-state index < -0.39 is 23.8 Å². The zero-order chi connectivity index (χ0) is 17.4. The molecule has 1 aliphatic rings. The van der Waals surface area contributed by atoms with Crippen LogP contribution in [0.5, 0.6) is 0 Å². The first kappa shape index (κ1) is 18.0. The number of hydrogen-bond donors (Lipinski definition) is 0. The molecule has 0 radical (unpaired) electrons. The molecule has 0 aliphatic carbocycles. The molecule has 1 heterocycles. The number of ether oxygens (including phenoxy) is 4. The minimum absolute atomic E-state index is 0.285. The highest BCUT2D eigenvalue weighted by Gasteiger charge is 2.45. The van der Waals surface area contributed by atoms with Gasteiger partial charge in [0.05, 0.1) is 19.8 Å². The minimum atomic E-state index is -1.01. The molecule has 0 aromatic heterocycles. The smallest absolute Gasteiger partial charge is 0.463 e. The maximum absolute atomic E-state index is 11.5. The lowest BCUT2D eigenvalue weighted by Crippen LogP contribution is -2.35. The molecule has 1 aliphatic heterocycles. The van der Waals surface area contributed by atoms with E-state index in [-0.39, 0.29) is 6.61 Å². The van der Waals surface area contributed by atoms with Crippen LogP contribution in [0.3, 0.4) is 0 Å². The third kappa shape index (κ3) is 5.09. The SMILES string of the molecule is CCOC(=O)/C=C/[C@]1(C)OC(=O)O[C@H]1CCOCc1ccccc1. The Bertz CT molecular complexity index is 582. The Morgan fingerprint density at radius 1 is 1.33 bits per heavy atom. The van der Waals surface area contributed by atoms with E-state index in [1.807, 2.05) is 30.3 Å². The number of hydrogen-bond acceptors (Lipinski definition) is 6. The average molecular weight is 334 g/mol. The molecular weight excluding hydrogens is 312 g/mol. The molecule has 1 aromatic carbocycles. The standard InChI is InChI=1S/C18H22O6/c1-3-22-16(19)9-11-18(2)15(23-17(20)24-18)10-12-21-13-14-7-5-4-6-8-14/h4-9,11,15H,3,10,12-13H2,1-2H3/b11-9+/t15-,18-/m0/s1. The van der Waals surface area contributed by atoms with E-state index in [2.05, 4.69) is 0 Å². The fraction of sp³-hybridized carbons (Fsp3) is 0.444. The van der Waals surface area contributed by atoms with Gasteiger partial charge in [0.25, 0.3) is 0 Å². The Hall–Kier alpha value is -2.34. The van der Waals surface area contributed by atoms with E-state index in [0.717, 1.165) is 5.56 Å². The highest BCUT2D eigenvalue weighted by molar-refractivity contribution is 5.82. The number of carbonyl (C=O) groups is 2. The second-order valence-electron chi connectivity index (χ2n) is 5.55. The van der Waals surface area contributed by atoms with E-state index in [1.54, 1.807) is 13.8 Å². The molecular formula is C18H22O6. The lowest BCUT2D eigenvalue weighted by molar-refractivity contribution is -0.137. The Labute approximate surface area is 141 Å². The Balaban J connectivity index is 1.85. The lowest BCUT2D eigenvalue weighted by atomic mass is 9.96. The van der Waals surface area contributed by atoms with Crippen LogP contribution in [0.2, 0.25) is 0 Å². The largest absolute Gasteiger partial charge is 0.509 e. The zero-order valence-electron chi connectivity index (χ0n) is 13.9. The first-order chi connectivity index (χ1) is 11.5. The van der Waals surface area contributed by atoms with E-state index >= 15 is 0 Å². The van der Waals surface area contributed by atoms with Gasteiger partial charge in [0.15, 0.2) is 11.7 Å². The topological polar surface area (TPSA) is 71.1 Å². The van der Waals surface area contributed by atoms with Crippen molar-refractivity contribution < 1.29 is 28.5 Å². The normalized spacial score (nSPS) is 23.1. The number of esters is 1. The first-order valence-electron chi connectivity index (χ1n) is 7.91. The average Bonchev–Trinajstić information content (AvgIpc) is 2.85. The molecule has 2 rings (SSSR count). The van der Waals surface area contributed by atoms with Crippen molar-refractivity contribution in [3.05, 3.63) is 48.0 Å². The molecule has 1 saturated heterocycles. The van der Waals surface area contributed by atoms with Gasteiger partial charge in [-0.25, -0.2) is 9.59 Å². The molecule has 1 aromatic rings. The maximum Gasteiger partial charge on any atom is 0.509 e. The summed E-state index contributed by atoms with van der Waals surface area (Å²) in [7, 11) is 0. The van der Waals surface area contributed by atoms with Crippen molar-refractivity contribution in [1.29, 1.82) is 0 Å². The highest BCUT2D eigenvalue weighted by atomic mass is 16.8. The van der Waals surface area contributed by atoms with Gasteiger partial charge in [-0.2, -0.15) is 0 Å². The van der Waals surface area contributed by atoms with Crippen LogP contribution < -0.4 is 0 Å². The van der Waals surface area contributed by atoms with Crippen molar-refractivity contribution in [3.63, 3.8) is 0 Å². The van der Waals surface area contributed by atoms with Crippen LogP contribution in [0, 0.1) is 0 Å². The van der Waals surface area contributed by atoms with Crippen LogP contribution >= 0.6 is 0 Å². The fourth-order valence-electron chi connectivity index (χ4n) is 2.37. The molecule has 6 nitrogen and oxygen atoms in total. The predicted molar refractivity (Wildman–Crippen MR) is 86.2 cm³/mol. The third-order valence-corrected chi connectivity index (χ3v) is 3.65. The van der Waals surface area contributed by atoms with Crippen LogP contribution in [0.4, 0.5) is 4.79 Å². The van der Waals surface area contributed by atoms with E-state index in [9.17, 15) is 9.59 Å². The predicted octanol–water partition coefficient (Wildman–Crippen LogP) is 3.01. The summed E-state index contributed by atoms with van der Waals surface area (Å²) in [6, 6.07) is 9.79. The van der Waals surface area contributed by atoms with Crippen LogP contribution in [0.25, 0.3) is 0 Å². The molecule has 0 bridgehead atoms. The summed E-state index contributed by atoms with van der Waals surface area (Å²) in [4.78, 5) is 22.9. The number of cyclic esters (lactones) is 2. The Morgan fingerprint density at radius 3 is 2.79 bits per heavy atom. The van der Waals surface area contributed by atoms with Crippen molar-refractivity contribution in [1.82, 2.24) is 0 Å². The van der Waals surface area contributed by atoms with Crippen LogP contribution in [-0.2, 0) is 30.3 Å². The van der Waals surface area contributed by atoms with Gasteiger partial charge in [0.1, 0.15) is 0 Å². The van der Waals surface area contributed by atoms with Gasteiger partial charge in [0, 0.05) is 12.5 Å². The molecule has 0 N–H and O–H groups in total. The minimum Gasteiger partial charge on any atom is -0.463 e.